The summed E-state index contributed by atoms with van der Waals surface area (Å²) >= 11 is 0. The number of hydrogen-bond donors (Lipinski definition) is 1. The minimum Gasteiger partial charge on any atom is -0.444 e. The molecule has 0 radical (unpaired) electrons. The lowest BCUT2D eigenvalue weighted by molar-refractivity contribution is -0.0240. The van der Waals surface area contributed by atoms with Gasteiger partial charge < -0.3 is 14.7 Å². The number of rotatable bonds is 2. The molecule has 0 bridgehead atoms. The Morgan fingerprint density at radius 1 is 1.42 bits per heavy atom. The molecule has 7 heteroatoms. The summed E-state index contributed by atoms with van der Waals surface area (Å²) in [5.74, 6) is 0. The maximum Gasteiger partial charge on any atom is 0.410 e. The Bertz CT molecular complexity index is 391. The topological polar surface area (TPSA) is 98.5 Å². The normalized spacial score (nSPS) is 24.0. The lowest BCUT2D eigenvalue weighted by Gasteiger charge is -2.34. The number of hydrogen-bond acceptors (Lipinski definition) is 4. The minimum absolute atomic E-state index is 0.271. The molecule has 19 heavy (non-hydrogen) atoms. The lowest BCUT2D eigenvalue weighted by atomic mass is 9.96. The quantitative estimate of drug-likeness (QED) is 0.474. The van der Waals surface area contributed by atoms with Crippen molar-refractivity contribution in [2.75, 3.05) is 6.54 Å². The molecule has 2 atom stereocenters. The zero-order valence-corrected chi connectivity index (χ0v) is 12.1. The summed E-state index contributed by atoms with van der Waals surface area (Å²) in [6.07, 6.45) is -0.0532. The van der Waals surface area contributed by atoms with Gasteiger partial charge in [-0.25, -0.2) is 4.79 Å². The summed E-state index contributed by atoms with van der Waals surface area (Å²) in [5, 5.41) is 13.8. The molecule has 0 aromatic heterocycles. The fourth-order valence-corrected chi connectivity index (χ4v) is 2.16. The third-order valence-corrected chi connectivity index (χ3v) is 2.94. The Hall–Kier alpha value is -1.46. The Morgan fingerprint density at radius 3 is 2.42 bits per heavy atom. The molecule has 1 amide bonds. The van der Waals surface area contributed by atoms with Gasteiger partial charge in [0, 0.05) is 11.5 Å². The molecule has 1 heterocycles. The van der Waals surface area contributed by atoms with E-state index in [1.54, 1.807) is 34.6 Å². The maximum absolute atomic E-state index is 12.1. The number of ether oxygens (including phenoxy) is 1. The predicted octanol–water partition coefficient (Wildman–Crippen LogP) is 2.45. The van der Waals surface area contributed by atoms with Gasteiger partial charge in [0.1, 0.15) is 5.60 Å². The molecule has 0 aromatic carbocycles. The maximum atomic E-state index is 12.1. The standard InChI is InChI=1S/C12H22N4O3/c1-11(2,3)19-10(17)16-7-8(14-15-13)6-9(16)12(4,5)18/h8-9,18H,6-7H2,1-5H3/t8-,9-/m0/s1. The molecule has 0 aromatic rings. The monoisotopic (exact) mass is 270 g/mol. The summed E-state index contributed by atoms with van der Waals surface area (Å²) in [6, 6.07) is -0.744. The van der Waals surface area contributed by atoms with Crippen LogP contribution in [0.4, 0.5) is 4.79 Å². The van der Waals surface area contributed by atoms with E-state index in [1.807, 2.05) is 0 Å². The number of likely N-dealkylation sites (tertiary alicyclic amines) is 1. The first-order chi connectivity index (χ1) is 8.54. The van der Waals surface area contributed by atoms with Crippen molar-refractivity contribution in [1.29, 1.82) is 0 Å². The van der Waals surface area contributed by atoms with Gasteiger partial charge in [-0.15, -0.1) is 0 Å². The number of amides is 1. The van der Waals surface area contributed by atoms with Crippen molar-refractivity contribution in [2.24, 2.45) is 5.11 Å². The summed E-state index contributed by atoms with van der Waals surface area (Å²) in [5.41, 5.74) is 6.82. The molecule has 0 spiro atoms. The van der Waals surface area contributed by atoms with Gasteiger partial charge in [0.15, 0.2) is 0 Å². The molecule has 1 rings (SSSR count). The zero-order valence-electron chi connectivity index (χ0n) is 12.1. The van der Waals surface area contributed by atoms with E-state index in [-0.39, 0.29) is 12.6 Å². The van der Waals surface area contributed by atoms with E-state index in [2.05, 4.69) is 10.0 Å². The van der Waals surface area contributed by atoms with Crippen LogP contribution in [0.1, 0.15) is 41.0 Å². The SMILES string of the molecule is CC(C)(C)OC(=O)N1C[C@@H](N=[N+]=[N-])C[C@H]1C(C)(C)O. The van der Waals surface area contributed by atoms with E-state index in [0.29, 0.717) is 6.42 Å². The highest BCUT2D eigenvalue weighted by Crippen LogP contribution is 2.30. The van der Waals surface area contributed by atoms with Gasteiger partial charge >= 0.3 is 6.09 Å². The van der Waals surface area contributed by atoms with Crippen molar-refractivity contribution < 1.29 is 14.6 Å². The van der Waals surface area contributed by atoms with Gasteiger partial charge in [0.25, 0.3) is 0 Å². The van der Waals surface area contributed by atoms with Crippen LogP contribution < -0.4 is 0 Å². The summed E-state index contributed by atoms with van der Waals surface area (Å²) in [7, 11) is 0. The zero-order chi connectivity index (χ0) is 14.8. The van der Waals surface area contributed by atoms with E-state index in [1.165, 1.54) is 4.90 Å². The number of nitrogens with zero attached hydrogens (tertiary/aromatic N) is 4. The summed E-state index contributed by atoms with van der Waals surface area (Å²) < 4.78 is 5.31. The fourth-order valence-electron chi connectivity index (χ4n) is 2.16. The van der Waals surface area contributed by atoms with Gasteiger partial charge in [-0.1, -0.05) is 5.11 Å². The van der Waals surface area contributed by atoms with Gasteiger partial charge in [-0.05, 0) is 46.6 Å². The third-order valence-electron chi connectivity index (χ3n) is 2.94. The third kappa shape index (κ3) is 4.29. The van der Waals surface area contributed by atoms with Gasteiger partial charge in [-0.3, -0.25) is 0 Å². The van der Waals surface area contributed by atoms with Crippen LogP contribution in [0, 0.1) is 0 Å². The van der Waals surface area contributed by atoms with Crippen molar-refractivity contribution >= 4 is 6.09 Å². The van der Waals surface area contributed by atoms with Crippen molar-refractivity contribution in [1.82, 2.24) is 4.90 Å². The van der Waals surface area contributed by atoms with Crippen molar-refractivity contribution in [2.45, 2.75) is 64.3 Å². The molecule has 1 saturated heterocycles. The largest absolute Gasteiger partial charge is 0.444 e. The first kappa shape index (κ1) is 15.6. The highest BCUT2D eigenvalue weighted by atomic mass is 16.6. The Balaban J connectivity index is 2.89. The van der Waals surface area contributed by atoms with Crippen LogP contribution in [-0.2, 0) is 4.74 Å². The second-order valence-electron chi connectivity index (χ2n) is 6.40. The molecule has 1 aliphatic rings. The second-order valence-corrected chi connectivity index (χ2v) is 6.40. The van der Waals surface area contributed by atoms with E-state index in [0.717, 1.165) is 0 Å². The van der Waals surface area contributed by atoms with Crippen LogP contribution in [0.25, 0.3) is 10.4 Å². The molecule has 108 valence electrons. The van der Waals surface area contributed by atoms with Crippen molar-refractivity contribution in [3.63, 3.8) is 0 Å². The van der Waals surface area contributed by atoms with E-state index in [4.69, 9.17) is 10.3 Å². The smallest absolute Gasteiger partial charge is 0.410 e. The van der Waals surface area contributed by atoms with Crippen molar-refractivity contribution in [3.05, 3.63) is 10.4 Å². The molecular formula is C12H22N4O3. The van der Waals surface area contributed by atoms with Gasteiger partial charge in [-0.2, -0.15) is 0 Å². The van der Waals surface area contributed by atoms with Crippen LogP contribution in [0.3, 0.4) is 0 Å². The van der Waals surface area contributed by atoms with Gasteiger partial charge in [0.05, 0.1) is 17.7 Å². The highest BCUT2D eigenvalue weighted by Gasteiger charge is 2.44. The van der Waals surface area contributed by atoms with Crippen LogP contribution >= 0.6 is 0 Å². The Labute approximate surface area is 113 Å². The molecule has 0 saturated carbocycles. The highest BCUT2D eigenvalue weighted by molar-refractivity contribution is 5.69. The number of carbonyl (C=O) groups excluding carboxylic acids is 1. The number of azide groups is 1. The summed E-state index contributed by atoms with van der Waals surface area (Å²) in [4.78, 5) is 16.3. The van der Waals surface area contributed by atoms with Crippen molar-refractivity contribution in [3.8, 4) is 0 Å². The van der Waals surface area contributed by atoms with E-state index in [9.17, 15) is 9.90 Å². The molecule has 0 unspecified atom stereocenters. The van der Waals surface area contributed by atoms with Crippen LogP contribution in [0.5, 0.6) is 0 Å². The first-order valence-electron chi connectivity index (χ1n) is 6.31. The molecule has 7 nitrogen and oxygen atoms in total. The molecular weight excluding hydrogens is 248 g/mol. The Morgan fingerprint density at radius 2 is 2.00 bits per heavy atom. The average Bonchev–Trinajstić information content (AvgIpc) is 2.59. The fraction of sp³-hybridized carbons (Fsp3) is 0.917. The minimum atomic E-state index is -1.07. The predicted molar refractivity (Wildman–Crippen MR) is 70.6 cm³/mol. The first-order valence-corrected chi connectivity index (χ1v) is 6.31. The average molecular weight is 270 g/mol. The molecule has 1 fully saturated rings. The number of carbonyl (C=O) groups is 1. The molecule has 0 aliphatic carbocycles. The van der Waals surface area contributed by atoms with E-state index >= 15 is 0 Å². The van der Waals surface area contributed by atoms with Crippen LogP contribution in [0.2, 0.25) is 0 Å². The van der Waals surface area contributed by atoms with E-state index < -0.39 is 23.3 Å². The van der Waals surface area contributed by atoms with Crippen LogP contribution in [0.15, 0.2) is 5.11 Å². The van der Waals surface area contributed by atoms with Gasteiger partial charge in [0.2, 0.25) is 0 Å². The lowest BCUT2D eigenvalue weighted by Crippen LogP contribution is -2.49. The molecule has 1 aliphatic heterocycles. The number of aliphatic hydroxyl groups is 1. The van der Waals surface area contributed by atoms with Crippen LogP contribution in [-0.4, -0.2) is 45.9 Å². The summed E-state index contributed by atoms with van der Waals surface area (Å²) in [6.45, 7) is 8.88. The molecule has 1 N–H and O–H groups in total. The second kappa shape index (κ2) is 5.27. The Kier molecular flexibility index (Phi) is 4.32.